The van der Waals surface area contributed by atoms with Gasteiger partial charge in [0.25, 0.3) is 0 Å². The summed E-state index contributed by atoms with van der Waals surface area (Å²) < 4.78 is 37.5. The monoisotopic (exact) mass is 376 g/mol. The van der Waals surface area contributed by atoms with Gasteiger partial charge in [0.15, 0.2) is 0 Å². The number of aliphatic hydroxyl groups excluding tert-OH is 1. The Hall–Kier alpha value is -1.56. The zero-order chi connectivity index (χ0) is 20.9. The van der Waals surface area contributed by atoms with Crippen molar-refractivity contribution in [2.75, 3.05) is 18.7 Å². The molecule has 0 heterocycles. The second kappa shape index (κ2) is 13.6. The molecule has 0 aromatic heterocycles. The largest absolute Gasteiger partial charge is 0.416 e. The highest BCUT2D eigenvalue weighted by atomic mass is 19.4. The normalized spacial score (nSPS) is 13.6. The first-order chi connectivity index (χ1) is 12.1. The topological polar surface area (TPSA) is 35.8 Å². The second-order valence-corrected chi connectivity index (χ2v) is 5.97. The van der Waals surface area contributed by atoms with Gasteiger partial charge in [-0.15, -0.1) is 0 Å². The number of anilines is 1. The molecule has 0 saturated carbocycles. The Morgan fingerprint density at radius 3 is 1.88 bits per heavy atom. The van der Waals surface area contributed by atoms with Gasteiger partial charge in [-0.1, -0.05) is 48.0 Å². The number of hydrogen-bond acceptors (Lipinski definition) is 3. The van der Waals surface area contributed by atoms with Crippen LogP contribution in [0.15, 0.2) is 29.4 Å². The molecule has 0 spiro atoms. The molecule has 0 aliphatic rings. The lowest BCUT2D eigenvalue weighted by Gasteiger charge is -2.21. The third-order valence-corrected chi connectivity index (χ3v) is 3.68. The van der Waals surface area contributed by atoms with Crippen molar-refractivity contribution >= 4 is 11.4 Å². The zero-order valence-electron chi connectivity index (χ0n) is 17.4. The Labute approximate surface area is 156 Å². The van der Waals surface area contributed by atoms with Crippen molar-refractivity contribution in [3.8, 4) is 0 Å². The predicted molar refractivity (Wildman–Crippen MR) is 106 cm³/mol. The summed E-state index contributed by atoms with van der Waals surface area (Å²) in [6, 6.07) is 4.85. The van der Waals surface area contributed by atoms with Gasteiger partial charge in [-0.05, 0) is 37.1 Å². The molecule has 0 aliphatic heterocycles. The third-order valence-electron chi connectivity index (χ3n) is 3.68. The van der Waals surface area contributed by atoms with Gasteiger partial charge in [0, 0.05) is 25.3 Å². The molecule has 1 aromatic rings. The van der Waals surface area contributed by atoms with Crippen molar-refractivity contribution in [1.82, 2.24) is 0 Å². The van der Waals surface area contributed by atoms with Crippen LogP contribution in [0.2, 0.25) is 0 Å². The van der Waals surface area contributed by atoms with Crippen molar-refractivity contribution in [2.45, 2.75) is 61.1 Å². The molecule has 26 heavy (non-hydrogen) atoms. The average Bonchev–Trinajstić information content (AvgIpc) is 2.62. The summed E-state index contributed by atoms with van der Waals surface area (Å²) in [6.45, 7) is 14.0. The second-order valence-electron chi connectivity index (χ2n) is 5.97. The molecule has 0 amide bonds. The fraction of sp³-hybridized carbons (Fsp3) is 0.650. The molecule has 0 aliphatic carbocycles. The van der Waals surface area contributed by atoms with E-state index in [2.05, 4.69) is 18.9 Å². The fourth-order valence-corrected chi connectivity index (χ4v) is 1.82. The average molecular weight is 377 g/mol. The minimum absolute atomic E-state index is 0.0675. The van der Waals surface area contributed by atoms with Gasteiger partial charge in [-0.3, -0.25) is 5.01 Å². The molecular weight excluding hydrogens is 341 g/mol. The number of halogens is 3. The number of hydrazone groups is 1. The van der Waals surface area contributed by atoms with E-state index in [9.17, 15) is 13.2 Å². The van der Waals surface area contributed by atoms with Gasteiger partial charge >= 0.3 is 6.18 Å². The van der Waals surface area contributed by atoms with Crippen LogP contribution >= 0.6 is 0 Å². The Morgan fingerprint density at radius 1 is 1.12 bits per heavy atom. The summed E-state index contributed by atoms with van der Waals surface area (Å²) in [5, 5.41) is 15.0. The highest BCUT2D eigenvalue weighted by Gasteiger charge is 2.30. The van der Waals surface area contributed by atoms with Crippen LogP contribution < -0.4 is 5.01 Å². The highest BCUT2D eigenvalue weighted by molar-refractivity contribution is 5.85. The highest BCUT2D eigenvalue weighted by Crippen LogP contribution is 2.30. The minimum atomic E-state index is -4.33. The first kappa shape index (κ1) is 26.7. The van der Waals surface area contributed by atoms with E-state index < -0.39 is 11.7 Å². The lowest BCUT2D eigenvalue weighted by Crippen LogP contribution is -2.22. The summed E-state index contributed by atoms with van der Waals surface area (Å²) in [4.78, 5) is 0. The predicted octanol–water partition coefficient (Wildman–Crippen LogP) is 6.22. The van der Waals surface area contributed by atoms with Crippen LogP contribution in [-0.2, 0) is 6.18 Å². The molecule has 2 unspecified atom stereocenters. The standard InChI is InChI=1S/C15H21F3N2O.C3H8.C2H6/c1-10(9-21)11(2)12(3)19-20(4)14-7-5-13(6-8-14)15(16,17)18;1-3-2;1-2/h5-8,10-11,21H,9H2,1-4H3;3H2,1-2H3;1-2H3/b19-12-;;. The summed E-state index contributed by atoms with van der Waals surface area (Å²) in [5.74, 6) is 0.168. The number of aliphatic hydroxyl groups is 1. The molecule has 152 valence electrons. The van der Waals surface area contributed by atoms with Crippen LogP contribution in [0.4, 0.5) is 18.9 Å². The molecule has 6 heteroatoms. The van der Waals surface area contributed by atoms with E-state index in [1.165, 1.54) is 23.6 Å². The molecule has 1 aromatic carbocycles. The van der Waals surface area contributed by atoms with Crippen molar-refractivity contribution in [1.29, 1.82) is 0 Å². The first-order valence-electron chi connectivity index (χ1n) is 9.15. The lowest BCUT2D eigenvalue weighted by molar-refractivity contribution is -0.137. The van der Waals surface area contributed by atoms with Crippen molar-refractivity contribution in [2.24, 2.45) is 16.9 Å². The van der Waals surface area contributed by atoms with Crippen LogP contribution in [0, 0.1) is 11.8 Å². The summed E-state index contributed by atoms with van der Waals surface area (Å²) in [7, 11) is 1.68. The molecule has 3 nitrogen and oxygen atoms in total. The maximum atomic E-state index is 12.5. The van der Waals surface area contributed by atoms with Gasteiger partial charge in [0.05, 0.1) is 11.3 Å². The van der Waals surface area contributed by atoms with Gasteiger partial charge < -0.3 is 5.11 Å². The van der Waals surface area contributed by atoms with E-state index in [-0.39, 0.29) is 18.4 Å². The Morgan fingerprint density at radius 2 is 1.54 bits per heavy atom. The number of alkyl halides is 3. The number of benzene rings is 1. The van der Waals surface area contributed by atoms with E-state index in [1.807, 2.05) is 34.6 Å². The van der Waals surface area contributed by atoms with E-state index >= 15 is 0 Å². The number of rotatable bonds is 5. The van der Waals surface area contributed by atoms with Gasteiger partial charge in [0.1, 0.15) is 0 Å². The van der Waals surface area contributed by atoms with Crippen molar-refractivity contribution in [3.05, 3.63) is 29.8 Å². The van der Waals surface area contributed by atoms with Crippen molar-refractivity contribution < 1.29 is 18.3 Å². The Bertz CT molecular complexity index is 499. The Balaban J connectivity index is 0. The van der Waals surface area contributed by atoms with Crippen LogP contribution in [0.3, 0.4) is 0 Å². The van der Waals surface area contributed by atoms with Gasteiger partial charge in [0.2, 0.25) is 0 Å². The smallest absolute Gasteiger partial charge is 0.396 e. The molecule has 0 fully saturated rings. The molecule has 0 radical (unpaired) electrons. The fourth-order valence-electron chi connectivity index (χ4n) is 1.82. The van der Waals surface area contributed by atoms with Crippen LogP contribution in [0.1, 0.15) is 60.5 Å². The Kier molecular flexibility index (Phi) is 14.0. The molecule has 0 saturated heterocycles. The molecular formula is C20H35F3N2O. The SMILES string of the molecule is C/C(=N/N(C)c1ccc(C(F)(F)F)cc1)C(C)C(C)CO.CC.CCC. The van der Waals surface area contributed by atoms with Crippen LogP contribution in [-0.4, -0.2) is 24.5 Å². The van der Waals surface area contributed by atoms with Gasteiger partial charge in [-0.25, -0.2) is 0 Å². The third kappa shape index (κ3) is 9.80. The van der Waals surface area contributed by atoms with E-state index in [0.717, 1.165) is 17.8 Å². The van der Waals surface area contributed by atoms with Crippen molar-refractivity contribution in [3.63, 3.8) is 0 Å². The maximum Gasteiger partial charge on any atom is 0.416 e. The molecule has 2 atom stereocenters. The van der Waals surface area contributed by atoms with E-state index in [0.29, 0.717) is 5.69 Å². The van der Waals surface area contributed by atoms with E-state index in [4.69, 9.17) is 5.11 Å². The van der Waals surface area contributed by atoms with Crippen LogP contribution in [0.5, 0.6) is 0 Å². The number of hydrogen-bond donors (Lipinski definition) is 1. The summed E-state index contributed by atoms with van der Waals surface area (Å²) in [6.07, 6.45) is -3.08. The molecule has 1 N–H and O–H groups in total. The summed E-state index contributed by atoms with van der Waals surface area (Å²) >= 11 is 0. The lowest BCUT2D eigenvalue weighted by atomic mass is 9.93. The maximum absolute atomic E-state index is 12.5. The van der Waals surface area contributed by atoms with Gasteiger partial charge in [-0.2, -0.15) is 18.3 Å². The minimum Gasteiger partial charge on any atom is -0.396 e. The zero-order valence-corrected chi connectivity index (χ0v) is 17.4. The quantitative estimate of drug-likeness (QED) is 0.489. The number of nitrogens with zero attached hydrogens (tertiary/aromatic N) is 2. The summed E-state index contributed by atoms with van der Waals surface area (Å²) in [5.41, 5.74) is 0.716. The molecule has 1 rings (SSSR count). The first-order valence-corrected chi connectivity index (χ1v) is 9.15. The van der Waals surface area contributed by atoms with E-state index in [1.54, 1.807) is 7.05 Å². The molecule has 0 bridgehead atoms. The van der Waals surface area contributed by atoms with Crippen LogP contribution in [0.25, 0.3) is 0 Å².